The average molecular weight is 633 g/mol. The van der Waals surface area contributed by atoms with Gasteiger partial charge in [0.2, 0.25) is 21.8 Å². The number of carbonyl (C=O) groups is 2. The van der Waals surface area contributed by atoms with Gasteiger partial charge in [-0.1, -0.05) is 83.4 Å². The van der Waals surface area contributed by atoms with E-state index in [0.29, 0.717) is 11.4 Å². The van der Waals surface area contributed by atoms with Gasteiger partial charge in [-0.25, -0.2) is 8.42 Å². The molecule has 3 aromatic carbocycles. The van der Waals surface area contributed by atoms with Gasteiger partial charge >= 0.3 is 0 Å². The molecule has 0 aliphatic rings. The second-order valence-electron chi connectivity index (χ2n) is 11.5. The number of carbonyl (C=O) groups excluding carboxylic acids is 2. The minimum Gasteiger partial charge on any atom is -0.350 e. The summed E-state index contributed by atoms with van der Waals surface area (Å²) in [5.74, 6) is -0.513. The van der Waals surface area contributed by atoms with Gasteiger partial charge in [-0.2, -0.15) is 0 Å². The fourth-order valence-electron chi connectivity index (χ4n) is 4.56. The summed E-state index contributed by atoms with van der Waals surface area (Å²) in [5.41, 5.74) is 2.65. The summed E-state index contributed by atoms with van der Waals surface area (Å²) in [7, 11) is -3.72. The Morgan fingerprint density at radius 2 is 1.57 bits per heavy atom. The smallest absolute Gasteiger partial charge is 0.243 e. The Morgan fingerprint density at radius 1 is 0.929 bits per heavy atom. The third-order valence-electron chi connectivity index (χ3n) is 6.57. The number of hydrogen-bond donors (Lipinski definition) is 1. The molecular formula is C32H39Cl2N3O4S. The molecule has 0 radical (unpaired) electrons. The highest BCUT2D eigenvalue weighted by molar-refractivity contribution is 7.92. The molecule has 10 heteroatoms. The van der Waals surface area contributed by atoms with Crippen LogP contribution in [-0.4, -0.2) is 49.5 Å². The van der Waals surface area contributed by atoms with Crippen LogP contribution in [0, 0.1) is 6.92 Å². The highest BCUT2D eigenvalue weighted by atomic mass is 35.5. The minimum atomic E-state index is -3.72. The van der Waals surface area contributed by atoms with Crippen LogP contribution in [0.2, 0.25) is 10.0 Å². The number of rotatable bonds is 12. The van der Waals surface area contributed by atoms with Gasteiger partial charge in [0.15, 0.2) is 0 Å². The minimum absolute atomic E-state index is 0.0144. The monoisotopic (exact) mass is 631 g/mol. The third kappa shape index (κ3) is 10.0. The number of nitrogens with one attached hydrogen (secondary N) is 1. The Hall–Kier alpha value is -3.07. The number of benzene rings is 3. The quantitative estimate of drug-likeness (QED) is 0.250. The first-order chi connectivity index (χ1) is 19.6. The highest BCUT2D eigenvalue weighted by Gasteiger charge is 2.32. The SMILES string of the molecule is Cc1ccc(CN(C(=O)CCCN(c2cc(Cl)ccc2Cl)S(C)(=O)=O)C(Cc2ccccc2)C(=O)NC(C)(C)C)cc1. The van der Waals surface area contributed by atoms with Crippen molar-refractivity contribution >= 4 is 50.7 Å². The van der Waals surface area contributed by atoms with E-state index in [1.54, 1.807) is 11.0 Å². The van der Waals surface area contributed by atoms with Gasteiger partial charge in [0.25, 0.3) is 0 Å². The molecule has 3 aromatic rings. The van der Waals surface area contributed by atoms with Crippen LogP contribution in [0.5, 0.6) is 0 Å². The summed E-state index contributed by atoms with van der Waals surface area (Å²) < 4.78 is 26.5. The molecule has 7 nitrogen and oxygen atoms in total. The number of amides is 2. The number of anilines is 1. The second kappa shape index (κ2) is 14.4. The van der Waals surface area contributed by atoms with Crippen molar-refractivity contribution < 1.29 is 18.0 Å². The van der Waals surface area contributed by atoms with Crippen molar-refractivity contribution in [2.75, 3.05) is 17.1 Å². The van der Waals surface area contributed by atoms with E-state index in [2.05, 4.69) is 5.32 Å². The first-order valence-electron chi connectivity index (χ1n) is 13.8. The molecule has 0 heterocycles. The van der Waals surface area contributed by atoms with Crippen LogP contribution in [0.15, 0.2) is 72.8 Å². The van der Waals surface area contributed by atoms with Crippen LogP contribution in [0.25, 0.3) is 0 Å². The van der Waals surface area contributed by atoms with E-state index in [4.69, 9.17) is 23.2 Å². The van der Waals surface area contributed by atoms with Crippen LogP contribution in [-0.2, 0) is 32.6 Å². The molecule has 2 amide bonds. The third-order valence-corrected chi connectivity index (χ3v) is 8.31. The van der Waals surface area contributed by atoms with Gasteiger partial charge in [-0.15, -0.1) is 0 Å². The first-order valence-corrected chi connectivity index (χ1v) is 16.4. The summed E-state index contributed by atoms with van der Waals surface area (Å²) >= 11 is 12.4. The Labute approximate surface area is 259 Å². The maximum atomic E-state index is 13.9. The standard InChI is InChI=1S/C32H39Cl2N3O4S/c1-23-13-15-25(16-14-23)22-36(29(31(39)35-32(2,3)4)20-24-10-7-6-8-11-24)30(38)12-9-19-37(42(5,40)41)28-21-26(33)17-18-27(28)34/h6-8,10-11,13-18,21,29H,9,12,19-20,22H2,1-5H3,(H,35,39). The molecule has 0 aliphatic heterocycles. The van der Waals surface area contributed by atoms with Crippen LogP contribution in [0.1, 0.15) is 50.3 Å². The molecular weight excluding hydrogens is 593 g/mol. The topological polar surface area (TPSA) is 86.8 Å². The van der Waals surface area contributed by atoms with Crippen molar-refractivity contribution in [3.63, 3.8) is 0 Å². The Morgan fingerprint density at radius 3 is 2.17 bits per heavy atom. The number of halogens is 2. The summed E-state index contributed by atoms with van der Waals surface area (Å²) in [4.78, 5) is 29.2. The molecule has 3 rings (SSSR count). The van der Waals surface area contributed by atoms with Crippen molar-refractivity contribution in [1.29, 1.82) is 0 Å². The number of nitrogens with zero attached hydrogens (tertiary/aromatic N) is 2. The van der Waals surface area contributed by atoms with E-state index in [-0.39, 0.29) is 48.5 Å². The molecule has 1 atom stereocenters. The molecule has 1 N–H and O–H groups in total. The number of aryl methyl sites for hydroxylation is 1. The summed E-state index contributed by atoms with van der Waals surface area (Å²) in [6.07, 6.45) is 1.64. The Kier molecular flexibility index (Phi) is 11.5. The lowest BCUT2D eigenvalue weighted by molar-refractivity contribution is -0.142. The number of sulfonamides is 1. The number of hydrogen-bond acceptors (Lipinski definition) is 4. The molecule has 42 heavy (non-hydrogen) atoms. The van der Waals surface area contributed by atoms with E-state index in [1.807, 2.05) is 82.3 Å². The van der Waals surface area contributed by atoms with E-state index in [9.17, 15) is 18.0 Å². The van der Waals surface area contributed by atoms with Crippen LogP contribution in [0.3, 0.4) is 0 Å². The zero-order chi connectivity index (χ0) is 31.1. The van der Waals surface area contributed by atoms with Crippen LogP contribution >= 0.6 is 23.2 Å². The Balaban J connectivity index is 1.92. The normalized spacial score (nSPS) is 12.5. The predicted octanol–water partition coefficient (Wildman–Crippen LogP) is 6.40. The van der Waals surface area contributed by atoms with Gasteiger partial charge in [0.05, 0.1) is 17.0 Å². The zero-order valence-electron chi connectivity index (χ0n) is 24.7. The van der Waals surface area contributed by atoms with Gasteiger partial charge in [0.1, 0.15) is 6.04 Å². The molecule has 0 aromatic heterocycles. The molecule has 0 saturated carbocycles. The molecule has 0 spiro atoms. The molecule has 1 unspecified atom stereocenters. The van der Waals surface area contributed by atoms with E-state index >= 15 is 0 Å². The summed E-state index contributed by atoms with van der Waals surface area (Å²) in [6, 6.07) is 21.2. The van der Waals surface area contributed by atoms with Crippen molar-refractivity contribution in [2.45, 2.75) is 65.1 Å². The Bertz CT molecular complexity index is 1470. The van der Waals surface area contributed by atoms with Gasteiger partial charge in [0, 0.05) is 36.5 Å². The van der Waals surface area contributed by atoms with Crippen LogP contribution < -0.4 is 9.62 Å². The zero-order valence-corrected chi connectivity index (χ0v) is 27.1. The van der Waals surface area contributed by atoms with Gasteiger partial charge < -0.3 is 10.2 Å². The lowest BCUT2D eigenvalue weighted by atomic mass is 10.00. The van der Waals surface area contributed by atoms with E-state index in [0.717, 1.165) is 27.3 Å². The maximum absolute atomic E-state index is 13.9. The average Bonchev–Trinajstić information content (AvgIpc) is 2.90. The molecule has 0 saturated heterocycles. The molecule has 0 aliphatic carbocycles. The van der Waals surface area contributed by atoms with E-state index in [1.165, 1.54) is 12.1 Å². The lowest BCUT2D eigenvalue weighted by Crippen LogP contribution is -2.54. The fraction of sp³-hybridized carbons (Fsp3) is 0.375. The molecule has 0 bridgehead atoms. The largest absolute Gasteiger partial charge is 0.350 e. The first kappa shape index (κ1) is 33.4. The van der Waals surface area contributed by atoms with Gasteiger partial charge in [-0.05, 0) is 63.4 Å². The van der Waals surface area contributed by atoms with Crippen molar-refractivity contribution in [3.8, 4) is 0 Å². The second-order valence-corrected chi connectivity index (χ2v) is 14.2. The summed E-state index contributed by atoms with van der Waals surface area (Å²) in [6.45, 7) is 7.93. The van der Waals surface area contributed by atoms with Gasteiger partial charge in [-0.3, -0.25) is 13.9 Å². The van der Waals surface area contributed by atoms with Crippen molar-refractivity contribution in [3.05, 3.63) is 99.5 Å². The molecule has 0 fully saturated rings. The van der Waals surface area contributed by atoms with Crippen LogP contribution in [0.4, 0.5) is 5.69 Å². The van der Waals surface area contributed by atoms with E-state index < -0.39 is 21.6 Å². The summed E-state index contributed by atoms with van der Waals surface area (Å²) in [5, 5.41) is 3.63. The molecule has 226 valence electrons. The predicted molar refractivity (Wildman–Crippen MR) is 171 cm³/mol. The lowest BCUT2D eigenvalue weighted by Gasteiger charge is -2.34. The van der Waals surface area contributed by atoms with Crippen molar-refractivity contribution in [1.82, 2.24) is 10.2 Å². The fourth-order valence-corrected chi connectivity index (χ4v) is 5.96. The maximum Gasteiger partial charge on any atom is 0.243 e. The van der Waals surface area contributed by atoms with Crippen molar-refractivity contribution in [2.24, 2.45) is 0 Å². The highest BCUT2D eigenvalue weighted by Crippen LogP contribution is 2.31.